The van der Waals surface area contributed by atoms with Crippen LogP contribution in [0.5, 0.6) is 11.5 Å². The summed E-state index contributed by atoms with van der Waals surface area (Å²) in [7, 11) is -4.08. The van der Waals surface area contributed by atoms with Crippen LogP contribution < -0.4 is 9.46 Å². The molecule has 1 N–H and O–H groups in total. The number of nitrogens with zero attached hydrogens (tertiary/aromatic N) is 1. The molecule has 0 radical (unpaired) electrons. The summed E-state index contributed by atoms with van der Waals surface area (Å²) >= 11 is 1.11. The van der Waals surface area contributed by atoms with Gasteiger partial charge in [-0.1, -0.05) is 42.5 Å². The van der Waals surface area contributed by atoms with Crippen molar-refractivity contribution in [3.05, 3.63) is 90.2 Å². The lowest BCUT2D eigenvalue weighted by molar-refractivity contribution is 0.473. The largest absolute Gasteiger partial charge is 0.457 e. The molecule has 0 spiro atoms. The Morgan fingerprint density at radius 3 is 2.38 bits per heavy atom. The minimum atomic E-state index is -4.08. The van der Waals surface area contributed by atoms with Crippen LogP contribution in [0.25, 0.3) is 11.1 Å². The first-order valence-corrected chi connectivity index (χ1v) is 10.9. The van der Waals surface area contributed by atoms with Crippen molar-refractivity contribution >= 4 is 26.5 Å². The van der Waals surface area contributed by atoms with E-state index in [0.29, 0.717) is 5.75 Å². The van der Waals surface area contributed by atoms with Gasteiger partial charge in [0, 0.05) is 17.6 Å². The van der Waals surface area contributed by atoms with Gasteiger partial charge in [-0.05, 0) is 35.4 Å². The van der Waals surface area contributed by atoms with E-state index in [1.807, 2.05) is 48.5 Å². The highest BCUT2D eigenvalue weighted by molar-refractivity contribution is 7.93. The maximum atomic E-state index is 14.5. The molecule has 0 aliphatic carbocycles. The van der Waals surface area contributed by atoms with Gasteiger partial charge in [-0.2, -0.15) is 0 Å². The van der Waals surface area contributed by atoms with E-state index in [-0.39, 0.29) is 10.9 Å². The fraction of sp³-hybridized carbons (Fsp3) is 0. The predicted molar refractivity (Wildman–Crippen MR) is 111 cm³/mol. The lowest BCUT2D eigenvalue weighted by Crippen LogP contribution is -2.14. The first-order valence-electron chi connectivity index (χ1n) is 8.56. The van der Waals surface area contributed by atoms with Gasteiger partial charge in [0.05, 0.1) is 0 Å². The van der Waals surface area contributed by atoms with Crippen molar-refractivity contribution in [3.8, 4) is 22.6 Å². The Morgan fingerprint density at radius 2 is 1.66 bits per heavy atom. The summed E-state index contributed by atoms with van der Waals surface area (Å²) in [4.78, 5) is 3.37. The third-order valence-corrected chi connectivity index (χ3v) is 6.21. The maximum absolute atomic E-state index is 14.5. The van der Waals surface area contributed by atoms with Crippen molar-refractivity contribution in [2.75, 3.05) is 4.72 Å². The number of rotatable bonds is 6. The summed E-state index contributed by atoms with van der Waals surface area (Å²) < 4.78 is 47.2. The fourth-order valence-electron chi connectivity index (χ4n) is 2.71. The normalized spacial score (nSPS) is 11.2. The Balaban J connectivity index is 1.56. The number of sulfonamides is 1. The van der Waals surface area contributed by atoms with Gasteiger partial charge in [-0.3, -0.25) is 4.72 Å². The second-order valence-corrected chi connectivity index (χ2v) is 8.58. The quantitative estimate of drug-likeness (QED) is 0.439. The molecule has 5 nitrogen and oxygen atoms in total. The highest BCUT2D eigenvalue weighted by atomic mass is 32.2. The minimum absolute atomic E-state index is 0.169. The number of nitrogens with one attached hydrogen (secondary N) is 1. The van der Waals surface area contributed by atoms with E-state index >= 15 is 0 Å². The van der Waals surface area contributed by atoms with Gasteiger partial charge in [-0.25, -0.2) is 17.8 Å². The average Bonchev–Trinajstić information content (AvgIpc) is 3.21. The Hall–Kier alpha value is -3.23. The minimum Gasteiger partial charge on any atom is -0.457 e. The third kappa shape index (κ3) is 4.44. The van der Waals surface area contributed by atoms with Crippen LogP contribution in [0.3, 0.4) is 0 Å². The zero-order valence-corrected chi connectivity index (χ0v) is 16.6. The average molecular weight is 426 g/mol. The highest BCUT2D eigenvalue weighted by Gasteiger charge is 2.21. The monoisotopic (exact) mass is 426 g/mol. The molecule has 1 heterocycles. The Kier molecular flexibility index (Phi) is 5.28. The number of ether oxygens (including phenoxy) is 1. The number of anilines is 1. The van der Waals surface area contributed by atoms with Crippen molar-refractivity contribution in [2.24, 2.45) is 0 Å². The number of thiazole rings is 1. The van der Waals surface area contributed by atoms with Crippen LogP contribution in [0.15, 0.2) is 89.3 Å². The molecule has 0 aliphatic heterocycles. The van der Waals surface area contributed by atoms with Gasteiger partial charge in [0.2, 0.25) is 0 Å². The fourth-order valence-corrected chi connectivity index (χ4v) is 4.56. The maximum Gasteiger partial charge on any atom is 0.266 e. The molecule has 0 saturated carbocycles. The summed E-state index contributed by atoms with van der Waals surface area (Å²) in [6.07, 6.45) is 1.46. The van der Waals surface area contributed by atoms with Gasteiger partial charge in [0.15, 0.2) is 5.13 Å². The summed E-state index contributed by atoms with van der Waals surface area (Å²) in [6.45, 7) is 0. The summed E-state index contributed by atoms with van der Waals surface area (Å²) in [5.74, 6) is -0.200. The van der Waals surface area contributed by atoms with Gasteiger partial charge in [0.25, 0.3) is 10.0 Å². The molecule has 0 aliphatic rings. The molecule has 0 fully saturated rings. The topological polar surface area (TPSA) is 68.3 Å². The van der Waals surface area contributed by atoms with E-state index in [1.165, 1.54) is 18.3 Å². The lowest BCUT2D eigenvalue weighted by atomic mass is 10.1. The summed E-state index contributed by atoms with van der Waals surface area (Å²) in [6, 6.07) is 20.8. The standard InChI is InChI=1S/C21H15FN2O3S2/c22-19-14-18(9-10-20(19)29(25,26)24-21-23-11-12-28-21)27-17-8-4-7-16(13-17)15-5-2-1-3-6-15/h1-14H,(H,23,24). The Bertz CT molecular complexity index is 1230. The van der Waals surface area contributed by atoms with Crippen molar-refractivity contribution in [3.63, 3.8) is 0 Å². The highest BCUT2D eigenvalue weighted by Crippen LogP contribution is 2.29. The van der Waals surface area contributed by atoms with E-state index in [1.54, 1.807) is 11.4 Å². The smallest absolute Gasteiger partial charge is 0.266 e. The van der Waals surface area contributed by atoms with E-state index in [0.717, 1.165) is 28.5 Å². The number of halogens is 1. The lowest BCUT2D eigenvalue weighted by Gasteiger charge is -2.10. The molecule has 0 bridgehead atoms. The zero-order chi connectivity index (χ0) is 20.3. The van der Waals surface area contributed by atoms with Crippen molar-refractivity contribution in [1.82, 2.24) is 4.98 Å². The molecule has 4 aromatic rings. The van der Waals surface area contributed by atoms with Crippen LogP contribution in [-0.4, -0.2) is 13.4 Å². The van der Waals surface area contributed by atoms with Crippen LogP contribution in [0, 0.1) is 5.82 Å². The van der Waals surface area contributed by atoms with Crippen LogP contribution in [-0.2, 0) is 10.0 Å². The molecule has 146 valence electrons. The van der Waals surface area contributed by atoms with Gasteiger partial charge in [-0.15, -0.1) is 11.3 Å². The van der Waals surface area contributed by atoms with E-state index in [9.17, 15) is 12.8 Å². The zero-order valence-electron chi connectivity index (χ0n) is 14.9. The summed E-state index contributed by atoms with van der Waals surface area (Å²) in [5, 5.41) is 1.79. The van der Waals surface area contributed by atoms with Crippen LogP contribution in [0.1, 0.15) is 0 Å². The molecule has 29 heavy (non-hydrogen) atoms. The molecule has 4 rings (SSSR count). The SMILES string of the molecule is O=S(=O)(Nc1nccs1)c1ccc(Oc2cccc(-c3ccccc3)c2)cc1F. The number of benzene rings is 3. The molecule has 0 atom stereocenters. The van der Waals surface area contributed by atoms with Crippen LogP contribution in [0.4, 0.5) is 9.52 Å². The van der Waals surface area contributed by atoms with Crippen molar-refractivity contribution < 1.29 is 17.5 Å². The number of hydrogen-bond donors (Lipinski definition) is 1. The molecular weight excluding hydrogens is 411 g/mol. The van der Waals surface area contributed by atoms with Gasteiger partial charge in [0.1, 0.15) is 22.2 Å². The molecule has 1 aromatic heterocycles. The van der Waals surface area contributed by atoms with Crippen molar-refractivity contribution in [2.45, 2.75) is 4.90 Å². The second-order valence-electron chi connectivity index (χ2n) is 6.03. The molecule has 0 unspecified atom stereocenters. The summed E-state index contributed by atoms with van der Waals surface area (Å²) in [5.41, 5.74) is 1.98. The van der Waals surface area contributed by atoms with E-state index < -0.39 is 20.7 Å². The molecule has 3 aromatic carbocycles. The van der Waals surface area contributed by atoms with Gasteiger partial charge >= 0.3 is 0 Å². The molecular formula is C21H15FN2O3S2. The van der Waals surface area contributed by atoms with E-state index in [2.05, 4.69) is 9.71 Å². The van der Waals surface area contributed by atoms with E-state index in [4.69, 9.17) is 4.74 Å². The van der Waals surface area contributed by atoms with Crippen LogP contribution >= 0.6 is 11.3 Å². The van der Waals surface area contributed by atoms with Crippen molar-refractivity contribution in [1.29, 1.82) is 0 Å². The second kappa shape index (κ2) is 8.02. The first-order chi connectivity index (χ1) is 14.0. The van der Waals surface area contributed by atoms with Gasteiger partial charge < -0.3 is 4.74 Å². The third-order valence-electron chi connectivity index (χ3n) is 4.02. The van der Waals surface area contributed by atoms with Crippen LogP contribution in [0.2, 0.25) is 0 Å². The predicted octanol–water partition coefficient (Wildman–Crippen LogP) is 5.54. The molecule has 8 heteroatoms. The number of aromatic nitrogens is 1. The Morgan fingerprint density at radius 1 is 0.897 bits per heavy atom. The molecule has 0 amide bonds. The first kappa shape index (κ1) is 19.1. The number of hydrogen-bond acceptors (Lipinski definition) is 5. The molecule has 0 saturated heterocycles. The Labute approximate surface area is 171 Å².